The van der Waals surface area contributed by atoms with Gasteiger partial charge in [0.15, 0.2) is 10.9 Å². The number of carbonyl (C=O) groups is 2. The van der Waals surface area contributed by atoms with Gasteiger partial charge in [-0.2, -0.15) is 0 Å². The lowest BCUT2D eigenvalue weighted by Crippen LogP contribution is -2.30. The number of rotatable bonds is 7. The highest BCUT2D eigenvalue weighted by atomic mass is 32.1. The van der Waals surface area contributed by atoms with E-state index >= 15 is 0 Å². The van der Waals surface area contributed by atoms with Gasteiger partial charge >= 0.3 is 0 Å². The molecule has 1 amide bonds. The Hall–Kier alpha value is -4.29. The van der Waals surface area contributed by atoms with Crippen LogP contribution in [-0.4, -0.2) is 23.8 Å². The average Bonchev–Trinajstić information content (AvgIpc) is 3.35. The molecule has 0 aliphatic heterocycles. The van der Waals surface area contributed by atoms with Crippen molar-refractivity contribution in [2.45, 2.75) is 6.54 Å². The molecule has 0 unspecified atom stereocenters. The average molecular weight is 479 g/mol. The van der Waals surface area contributed by atoms with Crippen molar-refractivity contribution in [3.8, 4) is 5.75 Å². The molecule has 172 valence electrons. The molecule has 4 aromatic carbocycles. The fourth-order valence-corrected chi connectivity index (χ4v) is 4.75. The van der Waals surface area contributed by atoms with Crippen molar-refractivity contribution < 1.29 is 14.3 Å². The van der Waals surface area contributed by atoms with Gasteiger partial charge in [-0.15, -0.1) is 0 Å². The Morgan fingerprint density at radius 1 is 0.800 bits per heavy atom. The second-order valence-corrected chi connectivity index (χ2v) is 8.99. The number of hydrogen-bond acceptors (Lipinski definition) is 5. The number of methoxy groups -OCH3 is 1. The van der Waals surface area contributed by atoms with Gasteiger partial charge in [0.25, 0.3) is 5.91 Å². The number of hydrogen-bond donors (Lipinski definition) is 0. The monoisotopic (exact) mass is 478 g/mol. The summed E-state index contributed by atoms with van der Waals surface area (Å²) in [6.45, 7) is 0.376. The standard InChI is InChI=1S/C29H22N2O3S/c1-34-24-16-17-26-25(18-24)30-29(35-26)31(19-20-8-4-2-5-9-20)28(33)23-14-12-22(13-15-23)27(32)21-10-6-3-7-11-21/h2-18H,19H2,1H3. The Kier molecular flexibility index (Phi) is 6.37. The zero-order chi connectivity index (χ0) is 24.2. The van der Waals surface area contributed by atoms with Crippen molar-refractivity contribution in [2.24, 2.45) is 0 Å². The number of ketones is 1. The number of thiazole rings is 1. The Balaban J connectivity index is 1.48. The normalized spacial score (nSPS) is 10.8. The molecule has 5 nitrogen and oxygen atoms in total. The molecular weight excluding hydrogens is 456 g/mol. The molecule has 5 aromatic rings. The first-order valence-corrected chi connectivity index (χ1v) is 11.9. The minimum atomic E-state index is -0.182. The van der Waals surface area contributed by atoms with Crippen molar-refractivity contribution >= 4 is 38.4 Å². The molecule has 0 fully saturated rings. The predicted octanol–water partition coefficient (Wildman–Crippen LogP) is 6.38. The zero-order valence-corrected chi connectivity index (χ0v) is 19.9. The van der Waals surface area contributed by atoms with Crippen LogP contribution in [0.4, 0.5) is 5.13 Å². The second kappa shape index (κ2) is 9.91. The van der Waals surface area contributed by atoms with E-state index in [2.05, 4.69) is 0 Å². The van der Waals surface area contributed by atoms with Crippen LogP contribution >= 0.6 is 11.3 Å². The van der Waals surface area contributed by atoms with Crippen molar-refractivity contribution in [2.75, 3.05) is 12.0 Å². The molecular formula is C29H22N2O3S. The quantitative estimate of drug-likeness (QED) is 0.255. The van der Waals surface area contributed by atoms with Gasteiger partial charge in [-0.25, -0.2) is 4.98 Å². The van der Waals surface area contributed by atoms with Gasteiger partial charge < -0.3 is 4.74 Å². The maximum atomic E-state index is 13.7. The SMILES string of the molecule is COc1ccc2sc(N(Cc3ccccc3)C(=O)c3ccc(C(=O)c4ccccc4)cc3)nc2c1. The first-order chi connectivity index (χ1) is 17.1. The lowest BCUT2D eigenvalue weighted by atomic mass is 10.0. The molecule has 6 heteroatoms. The number of nitrogens with zero attached hydrogens (tertiary/aromatic N) is 2. The molecule has 1 heterocycles. The first kappa shape index (κ1) is 22.5. The first-order valence-electron chi connectivity index (χ1n) is 11.1. The molecule has 0 aliphatic carbocycles. The number of ether oxygens (including phenoxy) is 1. The highest BCUT2D eigenvalue weighted by molar-refractivity contribution is 7.22. The largest absolute Gasteiger partial charge is 0.497 e. The van der Waals surface area contributed by atoms with Gasteiger partial charge in [-0.05, 0) is 29.8 Å². The fraction of sp³-hybridized carbons (Fsp3) is 0.0690. The molecule has 1 aromatic heterocycles. The summed E-state index contributed by atoms with van der Waals surface area (Å²) in [4.78, 5) is 32.9. The molecule has 0 saturated carbocycles. The molecule has 0 bridgehead atoms. The Morgan fingerprint density at radius 3 is 2.11 bits per heavy atom. The van der Waals surface area contributed by atoms with Crippen molar-refractivity contribution in [1.29, 1.82) is 0 Å². The Morgan fingerprint density at radius 2 is 1.43 bits per heavy atom. The van der Waals surface area contributed by atoms with Crippen molar-refractivity contribution in [3.05, 3.63) is 125 Å². The number of aromatic nitrogens is 1. The molecule has 0 radical (unpaired) electrons. The lowest BCUT2D eigenvalue weighted by Gasteiger charge is -2.20. The van der Waals surface area contributed by atoms with Crippen LogP contribution in [0.25, 0.3) is 10.2 Å². The third kappa shape index (κ3) is 4.83. The van der Waals surface area contributed by atoms with Crippen molar-refractivity contribution in [1.82, 2.24) is 4.98 Å². The van der Waals surface area contributed by atoms with E-state index in [0.29, 0.717) is 34.1 Å². The minimum absolute atomic E-state index is 0.0779. The van der Waals surface area contributed by atoms with E-state index in [-0.39, 0.29) is 11.7 Å². The van der Waals surface area contributed by atoms with E-state index in [1.54, 1.807) is 48.4 Å². The van der Waals surface area contributed by atoms with E-state index in [1.807, 2.05) is 66.7 Å². The number of anilines is 1. The van der Waals surface area contributed by atoms with Crippen LogP contribution in [-0.2, 0) is 6.54 Å². The van der Waals surface area contributed by atoms with Crippen LogP contribution in [0.15, 0.2) is 103 Å². The van der Waals surface area contributed by atoms with Gasteiger partial charge in [0.2, 0.25) is 0 Å². The van der Waals surface area contributed by atoms with Gasteiger partial charge in [-0.3, -0.25) is 14.5 Å². The van der Waals surface area contributed by atoms with Crippen LogP contribution in [0.2, 0.25) is 0 Å². The Bertz CT molecular complexity index is 1480. The minimum Gasteiger partial charge on any atom is -0.497 e. The van der Waals surface area contributed by atoms with Crippen LogP contribution in [0.5, 0.6) is 5.75 Å². The fourth-order valence-electron chi connectivity index (χ4n) is 3.81. The summed E-state index contributed by atoms with van der Waals surface area (Å²) < 4.78 is 6.29. The van der Waals surface area contributed by atoms with Crippen LogP contribution in [0.3, 0.4) is 0 Å². The number of carbonyl (C=O) groups excluding carboxylic acids is 2. The maximum absolute atomic E-state index is 13.7. The molecule has 5 rings (SSSR count). The summed E-state index contributed by atoms with van der Waals surface area (Å²) in [6.07, 6.45) is 0. The van der Waals surface area contributed by atoms with Crippen LogP contribution < -0.4 is 9.64 Å². The summed E-state index contributed by atoms with van der Waals surface area (Å²) >= 11 is 1.46. The molecule has 0 aliphatic rings. The van der Waals surface area contributed by atoms with Gasteiger partial charge in [0.05, 0.1) is 23.9 Å². The second-order valence-electron chi connectivity index (χ2n) is 7.98. The summed E-state index contributed by atoms with van der Waals surface area (Å²) in [7, 11) is 1.62. The predicted molar refractivity (Wildman–Crippen MR) is 139 cm³/mol. The number of amides is 1. The summed E-state index contributed by atoms with van der Waals surface area (Å²) in [5, 5.41) is 0.603. The number of fused-ring (bicyclic) bond motifs is 1. The van der Waals surface area contributed by atoms with E-state index < -0.39 is 0 Å². The molecule has 0 saturated heterocycles. The molecule has 0 N–H and O–H groups in total. The van der Waals surface area contributed by atoms with Crippen LogP contribution in [0, 0.1) is 0 Å². The zero-order valence-electron chi connectivity index (χ0n) is 19.0. The highest BCUT2D eigenvalue weighted by Crippen LogP contribution is 2.33. The number of benzene rings is 4. The molecule has 0 atom stereocenters. The molecule has 0 spiro atoms. The summed E-state index contributed by atoms with van der Waals surface area (Å²) in [5.74, 6) is 0.457. The maximum Gasteiger partial charge on any atom is 0.260 e. The lowest BCUT2D eigenvalue weighted by molar-refractivity contribution is 0.0982. The topological polar surface area (TPSA) is 59.5 Å². The van der Waals surface area contributed by atoms with Gasteiger partial charge in [-0.1, -0.05) is 84.1 Å². The van der Waals surface area contributed by atoms with Gasteiger partial charge in [0.1, 0.15) is 5.75 Å². The Labute approximate surface area is 207 Å². The highest BCUT2D eigenvalue weighted by Gasteiger charge is 2.22. The van der Waals surface area contributed by atoms with E-state index in [9.17, 15) is 9.59 Å². The smallest absolute Gasteiger partial charge is 0.260 e. The summed E-state index contributed by atoms with van der Waals surface area (Å²) in [5.41, 5.74) is 3.41. The molecule has 35 heavy (non-hydrogen) atoms. The third-order valence-electron chi connectivity index (χ3n) is 5.67. The van der Waals surface area contributed by atoms with Crippen molar-refractivity contribution in [3.63, 3.8) is 0 Å². The van der Waals surface area contributed by atoms with Gasteiger partial charge in [0, 0.05) is 22.8 Å². The van der Waals surface area contributed by atoms with E-state index in [0.717, 1.165) is 15.8 Å². The third-order valence-corrected chi connectivity index (χ3v) is 6.73. The van der Waals surface area contributed by atoms with E-state index in [4.69, 9.17) is 9.72 Å². The van der Waals surface area contributed by atoms with E-state index in [1.165, 1.54) is 11.3 Å². The summed E-state index contributed by atoms with van der Waals surface area (Å²) in [6, 6.07) is 31.4. The van der Waals surface area contributed by atoms with Crippen LogP contribution in [0.1, 0.15) is 31.8 Å².